The van der Waals surface area contributed by atoms with E-state index in [1.807, 2.05) is 32.9 Å². The van der Waals surface area contributed by atoms with Gasteiger partial charge in [0.1, 0.15) is 0 Å². The summed E-state index contributed by atoms with van der Waals surface area (Å²) in [7, 11) is -3.60. The van der Waals surface area contributed by atoms with Crippen molar-refractivity contribution in [2.75, 3.05) is 32.7 Å². The quantitative estimate of drug-likeness (QED) is 0.792. The first kappa shape index (κ1) is 19.9. The number of nitrogens with one attached hydrogen (secondary N) is 1. The van der Waals surface area contributed by atoms with Crippen molar-refractivity contribution in [3.05, 3.63) is 29.8 Å². The Kier molecular flexibility index (Phi) is 6.98. The van der Waals surface area contributed by atoms with Gasteiger partial charge < -0.3 is 10.2 Å². The Bertz CT molecular complexity index is 665. The van der Waals surface area contributed by atoms with Crippen LogP contribution in [0.25, 0.3) is 0 Å². The van der Waals surface area contributed by atoms with E-state index in [-0.39, 0.29) is 29.8 Å². The van der Waals surface area contributed by atoms with E-state index >= 15 is 0 Å². The first-order valence-electron chi connectivity index (χ1n) is 8.95. The van der Waals surface area contributed by atoms with Crippen LogP contribution < -0.4 is 5.32 Å². The number of hydrogen-bond donors (Lipinski definition) is 1. The largest absolute Gasteiger partial charge is 0.340 e. The van der Waals surface area contributed by atoms with Crippen LogP contribution >= 0.6 is 0 Å². The maximum Gasteiger partial charge on any atom is 0.243 e. The van der Waals surface area contributed by atoms with Crippen molar-refractivity contribution in [1.29, 1.82) is 0 Å². The van der Waals surface area contributed by atoms with Crippen molar-refractivity contribution in [3.8, 4) is 0 Å². The van der Waals surface area contributed by atoms with Crippen LogP contribution in [0.3, 0.4) is 0 Å². The molecule has 25 heavy (non-hydrogen) atoms. The highest BCUT2D eigenvalue weighted by molar-refractivity contribution is 7.89. The van der Waals surface area contributed by atoms with Crippen LogP contribution in [0, 0.1) is 0 Å². The van der Waals surface area contributed by atoms with Gasteiger partial charge in [-0.2, -0.15) is 4.31 Å². The molecule has 6 nitrogen and oxygen atoms in total. The maximum atomic E-state index is 13.0. The Hall–Kier alpha value is -1.44. The summed E-state index contributed by atoms with van der Waals surface area (Å²) in [6.45, 7) is 8.88. The van der Waals surface area contributed by atoms with Gasteiger partial charge in [-0.05, 0) is 38.0 Å². The van der Waals surface area contributed by atoms with Crippen LogP contribution in [0.15, 0.2) is 29.2 Å². The monoisotopic (exact) mass is 367 g/mol. The highest BCUT2D eigenvalue weighted by Gasteiger charge is 2.28. The molecule has 7 heteroatoms. The minimum Gasteiger partial charge on any atom is -0.340 e. The van der Waals surface area contributed by atoms with Crippen LogP contribution in [-0.4, -0.2) is 62.3 Å². The number of benzene rings is 1. The van der Waals surface area contributed by atoms with Gasteiger partial charge >= 0.3 is 0 Å². The molecule has 0 bridgehead atoms. The number of sulfonamides is 1. The lowest BCUT2D eigenvalue weighted by Gasteiger charge is -2.30. The van der Waals surface area contributed by atoms with E-state index in [9.17, 15) is 13.2 Å². The lowest BCUT2D eigenvalue weighted by Crippen LogP contribution is -2.47. The van der Waals surface area contributed by atoms with E-state index in [0.29, 0.717) is 13.1 Å². The standard InChI is InChI=1S/C18H29N3O3S/c1-4-16-5-7-17(8-6-16)25(23,24)21(15(2)3)12-9-18(22)20-13-10-19-11-14-20/h5-8,15,19H,4,9-14H2,1-3H3. The molecule has 0 saturated carbocycles. The van der Waals surface area contributed by atoms with Crippen LogP contribution in [0.5, 0.6) is 0 Å². The van der Waals surface area contributed by atoms with Gasteiger partial charge in [-0.25, -0.2) is 8.42 Å². The molecule has 0 radical (unpaired) electrons. The van der Waals surface area contributed by atoms with Crippen molar-refractivity contribution < 1.29 is 13.2 Å². The summed E-state index contributed by atoms with van der Waals surface area (Å²) in [6, 6.07) is 6.80. The zero-order chi connectivity index (χ0) is 18.4. The van der Waals surface area contributed by atoms with E-state index in [1.165, 1.54) is 4.31 Å². The summed E-state index contributed by atoms with van der Waals surface area (Å²) in [6.07, 6.45) is 1.08. The van der Waals surface area contributed by atoms with Gasteiger partial charge in [0.05, 0.1) is 4.90 Å². The molecule has 0 aromatic heterocycles. The fraction of sp³-hybridized carbons (Fsp3) is 0.611. The van der Waals surface area contributed by atoms with E-state index in [2.05, 4.69) is 5.32 Å². The normalized spacial score (nSPS) is 15.8. The molecule has 0 atom stereocenters. The molecule has 1 aliphatic rings. The molecule has 1 fully saturated rings. The van der Waals surface area contributed by atoms with Gasteiger partial charge in [-0.3, -0.25) is 4.79 Å². The smallest absolute Gasteiger partial charge is 0.243 e. The van der Waals surface area contributed by atoms with Gasteiger partial charge in [-0.1, -0.05) is 19.1 Å². The predicted octanol–water partition coefficient (Wildman–Crippen LogP) is 1.47. The summed E-state index contributed by atoms with van der Waals surface area (Å²) in [4.78, 5) is 14.4. The first-order chi connectivity index (χ1) is 11.9. The van der Waals surface area contributed by atoms with Crippen molar-refractivity contribution in [3.63, 3.8) is 0 Å². The molecule has 1 saturated heterocycles. The summed E-state index contributed by atoms with van der Waals surface area (Å²) < 4.78 is 27.3. The number of carbonyl (C=O) groups is 1. The zero-order valence-electron chi connectivity index (χ0n) is 15.4. The van der Waals surface area contributed by atoms with E-state index in [1.54, 1.807) is 17.0 Å². The molecule has 0 unspecified atom stereocenters. The number of nitrogens with zero attached hydrogens (tertiary/aromatic N) is 2. The molecular weight excluding hydrogens is 338 g/mol. The van der Waals surface area contributed by atoms with Crippen molar-refractivity contribution in [1.82, 2.24) is 14.5 Å². The predicted molar refractivity (Wildman–Crippen MR) is 98.9 cm³/mol. The topological polar surface area (TPSA) is 69.7 Å². The molecule has 1 heterocycles. The van der Waals surface area contributed by atoms with Crippen LogP contribution in [-0.2, 0) is 21.2 Å². The number of amides is 1. The Labute approximate surface area is 151 Å². The second kappa shape index (κ2) is 8.78. The number of hydrogen-bond acceptors (Lipinski definition) is 4. The highest BCUT2D eigenvalue weighted by atomic mass is 32.2. The molecule has 0 spiro atoms. The molecule has 1 aliphatic heterocycles. The average molecular weight is 368 g/mol. The number of rotatable bonds is 7. The Morgan fingerprint density at radius 2 is 1.80 bits per heavy atom. The molecule has 140 valence electrons. The second-order valence-electron chi connectivity index (χ2n) is 6.59. The first-order valence-corrected chi connectivity index (χ1v) is 10.4. The molecule has 1 aromatic carbocycles. The summed E-state index contributed by atoms with van der Waals surface area (Å²) >= 11 is 0. The number of aryl methyl sites for hydroxylation is 1. The third-order valence-corrected chi connectivity index (χ3v) is 6.62. The number of carbonyl (C=O) groups excluding carboxylic acids is 1. The highest BCUT2D eigenvalue weighted by Crippen LogP contribution is 2.19. The average Bonchev–Trinajstić information content (AvgIpc) is 2.62. The minimum absolute atomic E-state index is 0.0173. The lowest BCUT2D eigenvalue weighted by atomic mass is 10.2. The maximum absolute atomic E-state index is 13.0. The third-order valence-electron chi connectivity index (χ3n) is 4.53. The summed E-state index contributed by atoms with van der Waals surface area (Å²) in [5.74, 6) is 0.0173. The fourth-order valence-electron chi connectivity index (χ4n) is 2.97. The Morgan fingerprint density at radius 3 is 2.32 bits per heavy atom. The Balaban J connectivity index is 2.08. The molecule has 0 aliphatic carbocycles. The van der Waals surface area contributed by atoms with Crippen molar-refractivity contribution in [2.45, 2.75) is 44.6 Å². The summed E-state index contributed by atoms with van der Waals surface area (Å²) in [5, 5.41) is 3.21. The van der Waals surface area contributed by atoms with Crippen molar-refractivity contribution >= 4 is 15.9 Å². The fourth-order valence-corrected chi connectivity index (χ4v) is 4.60. The third kappa shape index (κ3) is 5.03. The van der Waals surface area contributed by atoms with Crippen LogP contribution in [0.1, 0.15) is 32.8 Å². The van der Waals surface area contributed by atoms with Gasteiger partial charge in [0.2, 0.25) is 15.9 Å². The summed E-state index contributed by atoms with van der Waals surface area (Å²) in [5.41, 5.74) is 1.10. The van der Waals surface area contributed by atoms with E-state index in [4.69, 9.17) is 0 Å². The van der Waals surface area contributed by atoms with Crippen molar-refractivity contribution in [2.24, 2.45) is 0 Å². The molecule has 2 rings (SSSR count). The molecular formula is C18H29N3O3S. The van der Waals surface area contributed by atoms with E-state index in [0.717, 1.165) is 25.1 Å². The van der Waals surface area contributed by atoms with Crippen LogP contribution in [0.2, 0.25) is 0 Å². The molecule has 1 N–H and O–H groups in total. The lowest BCUT2D eigenvalue weighted by molar-refractivity contribution is -0.131. The van der Waals surface area contributed by atoms with Crippen LogP contribution in [0.4, 0.5) is 0 Å². The van der Waals surface area contributed by atoms with Gasteiger partial charge in [0.15, 0.2) is 0 Å². The zero-order valence-corrected chi connectivity index (χ0v) is 16.2. The molecule has 1 amide bonds. The van der Waals surface area contributed by atoms with E-state index < -0.39 is 10.0 Å². The Morgan fingerprint density at radius 1 is 1.20 bits per heavy atom. The van der Waals surface area contributed by atoms with Gasteiger partial charge in [-0.15, -0.1) is 0 Å². The minimum atomic E-state index is -3.60. The number of piperazine rings is 1. The second-order valence-corrected chi connectivity index (χ2v) is 8.48. The SMILES string of the molecule is CCc1ccc(S(=O)(=O)N(CCC(=O)N2CCNCC2)C(C)C)cc1. The van der Waals surface area contributed by atoms with Gasteiger partial charge in [0.25, 0.3) is 0 Å². The molecule has 1 aromatic rings. The van der Waals surface area contributed by atoms with Gasteiger partial charge in [0, 0.05) is 45.2 Å².